The molecule has 2 aromatic rings. The van der Waals surface area contributed by atoms with Crippen LogP contribution in [-0.4, -0.2) is 42.2 Å². The lowest BCUT2D eigenvalue weighted by Gasteiger charge is -2.13. The van der Waals surface area contributed by atoms with Gasteiger partial charge in [0.15, 0.2) is 11.5 Å². The summed E-state index contributed by atoms with van der Waals surface area (Å²) in [4.78, 5) is 38.6. The number of terminal acetylenes is 1. The molecule has 0 atom stereocenters. The van der Waals surface area contributed by atoms with Crippen molar-refractivity contribution in [2.75, 3.05) is 25.6 Å². The van der Waals surface area contributed by atoms with Crippen molar-refractivity contribution in [3.63, 3.8) is 0 Å². The number of nitrogens with one attached hydrogen (secondary N) is 1. The second-order valence-electron chi connectivity index (χ2n) is 6.71. The minimum atomic E-state index is -0.527. The average molecular weight is 562 g/mol. The number of amides is 3. The summed E-state index contributed by atoms with van der Waals surface area (Å²) >= 11 is 2.86. The quantitative estimate of drug-likeness (QED) is 0.308. The number of ether oxygens (including phenoxy) is 2. The highest BCUT2D eigenvalue weighted by atomic mass is 127. The molecule has 3 amide bonds. The fourth-order valence-corrected chi connectivity index (χ4v) is 4.55. The van der Waals surface area contributed by atoms with E-state index in [0.29, 0.717) is 22.7 Å². The highest BCUT2D eigenvalue weighted by Crippen LogP contribution is 2.37. The monoisotopic (exact) mass is 562 g/mol. The van der Waals surface area contributed by atoms with Gasteiger partial charge in [-0.25, -0.2) is 0 Å². The van der Waals surface area contributed by atoms with Crippen LogP contribution in [0.25, 0.3) is 6.08 Å². The Kier molecular flexibility index (Phi) is 7.82. The molecular formula is C23H19IN2O5S. The molecule has 0 unspecified atom stereocenters. The van der Waals surface area contributed by atoms with Crippen molar-refractivity contribution < 1.29 is 23.9 Å². The number of imide groups is 1. The predicted octanol–water partition coefficient (Wildman–Crippen LogP) is 4.30. The van der Waals surface area contributed by atoms with Crippen molar-refractivity contribution in [1.29, 1.82) is 0 Å². The first-order valence-corrected chi connectivity index (χ1v) is 11.3. The van der Waals surface area contributed by atoms with Crippen LogP contribution in [0, 0.1) is 22.8 Å². The molecule has 0 aromatic heterocycles. The van der Waals surface area contributed by atoms with Crippen molar-refractivity contribution in [1.82, 2.24) is 4.90 Å². The number of hydrogen-bond acceptors (Lipinski definition) is 6. The lowest BCUT2D eigenvalue weighted by molar-refractivity contribution is -0.127. The van der Waals surface area contributed by atoms with Gasteiger partial charge in [-0.15, -0.1) is 6.42 Å². The highest BCUT2D eigenvalue weighted by Gasteiger charge is 2.36. The van der Waals surface area contributed by atoms with E-state index in [9.17, 15) is 14.4 Å². The molecular weight excluding hydrogens is 543 g/mol. The van der Waals surface area contributed by atoms with Gasteiger partial charge in [0.05, 0.1) is 15.6 Å². The number of benzene rings is 2. The van der Waals surface area contributed by atoms with Gasteiger partial charge in [-0.2, -0.15) is 0 Å². The van der Waals surface area contributed by atoms with Crippen molar-refractivity contribution >= 4 is 63.2 Å². The van der Waals surface area contributed by atoms with E-state index in [1.54, 1.807) is 30.3 Å². The lowest BCUT2D eigenvalue weighted by atomic mass is 10.2. The number of anilines is 1. The first-order chi connectivity index (χ1) is 15.3. The Bertz CT molecular complexity index is 1160. The molecule has 1 N–H and O–H groups in total. The number of aryl methyl sites for hydroxylation is 1. The Balaban J connectivity index is 1.76. The van der Waals surface area contributed by atoms with E-state index in [1.807, 2.05) is 19.1 Å². The summed E-state index contributed by atoms with van der Waals surface area (Å²) in [5, 5.41) is 2.20. The van der Waals surface area contributed by atoms with Gasteiger partial charge >= 0.3 is 0 Å². The molecule has 0 bridgehead atoms. The molecule has 1 fully saturated rings. The number of carbonyl (C=O) groups excluding carboxylic acids is 3. The Hall–Kier alpha value is -2.97. The standard InChI is InChI=1S/C23H19IN2O5S/c1-4-8-31-21-17(24)10-15(11-18(21)30-3)12-19-22(28)26(23(29)32-19)13-20(27)25-16-7-5-6-14(2)9-16/h1,5-7,9-12H,8,13H2,2-3H3,(H,25,27)/b19-12+. The molecule has 1 aliphatic heterocycles. The van der Waals surface area contributed by atoms with Gasteiger partial charge < -0.3 is 14.8 Å². The third-order valence-corrected chi connectivity index (χ3v) is 6.04. The maximum Gasteiger partial charge on any atom is 0.294 e. The van der Waals surface area contributed by atoms with E-state index in [4.69, 9.17) is 15.9 Å². The first kappa shape index (κ1) is 23.7. The van der Waals surface area contributed by atoms with E-state index in [1.165, 1.54) is 7.11 Å². The molecule has 3 rings (SSSR count). The number of halogens is 1. The molecule has 7 nitrogen and oxygen atoms in total. The van der Waals surface area contributed by atoms with E-state index in [2.05, 4.69) is 33.8 Å². The lowest BCUT2D eigenvalue weighted by Crippen LogP contribution is -2.36. The summed E-state index contributed by atoms with van der Waals surface area (Å²) in [7, 11) is 1.50. The van der Waals surface area contributed by atoms with Crippen LogP contribution in [0.2, 0.25) is 0 Å². The van der Waals surface area contributed by atoms with Gasteiger partial charge in [0.25, 0.3) is 11.1 Å². The SMILES string of the molecule is C#CCOc1c(I)cc(/C=C2/SC(=O)N(CC(=O)Nc3cccc(C)c3)C2=O)cc1OC. The van der Waals surface area contributed by atoms with E-state index in [-0.39, 0.29) is 18.1 Å². The summed E-state index contributed by atoms with van der Waals surface area (Å²) < 4.78 is 11.6. The Labute approximate surface area is 203 Å². The van der Waals surface area contributed by atoms with Crippen LogP contribution in [0.5, 0.6) is 11.5 Å². The van der Waals surface area contributed by atoms with Gasteiger partial charge in [0, 0.05) is 5.69 Å². The van der Waals surface area contributed by atoms with Crippen molar-refractivity contribution in [2.24, 2.45) is 0 Å². The summed E-state index contributed by atoms with van der Waals surface area (Å²) in [5.41, 5.74) is 2.23. The van der Waals surface area contributed by atoms with Crippen LogP contribution < -0.4 is 14.8 Å². The summed E-state index contributed by atoms with van der Waals surface area (Å²) in [5.74, 6) is 2.38. The number of rotatable bonds is 7. The van der Waals surface area contributed by atoms with Gasteiger partial charge in [-0.05, 0) is 82.7 Å². The third-order valence-electron chi connectivity index (χ3n) is 4.33. The van der Waals surface area contributed by atoms with Crippen LogP contribution in [0.3, 0.4) is 0 Å². The van der Waals surface area contributed by atoms with E-state index < -0.39 is 17.1 Å². The fraction of sp³-hybridized carbons (Fsp3) is 0.174. The van der Waals surface area contributed by atoms with Gasteiger partial charge in [-0.3, -0.25) is 19.3 Å². The fourth-order valence-electron chi connectivity index (χ4n) is 2.93. The normalized spacial score (nSPS) is 14.4. The minimum Gasteiger partial charge on any atom is -0.493 e. The molecule has 1 aliphatic rings. The number of carbonyl (C=O) groups is 3. The number of nitrogens with zero attached hydrogens (tertiary/aromatic N) is 1. The minimum absolute atomic E-state index is 0.0925. The zero-order valence-electron chi connectivity index (χ0n) is 17.3. The molecule has 0 aliphatic carbocycles. The molecule has 2 aromatic carbocycles. The van der Waals surface area contributed by atoms with Crippen LogP contribution in [0.4, 0.5) is 10.5 Å². The van der Waals surface area contributed by atoms with Gasteiger partial charge in [0.1, 0.15) is 13.2 Å². The van der Waals surface area contributed by atoms with Gasteiger partial charge in [0.2, 0.25) is 5.91 Å². The third kappa shape index (κ3) is 5.63. The Morgan fingerprint density at radius 2 is 2.09 bits per heavy atom. The largest absolute Gasteiger partial charge is 0.493 e. The zero-order valence-corrected chi connectivity index (χ0v) is 20.3. The predicted molar refractivity (Wildman–Crippen MR) is 133 cm³/mol. The van der Waals surface area contributed by atoms with Crippen molar-refractivity contribution in [3.05, 3.63) is 56.0 Å². The van der Waals surface area contributed by atoms with Crippen LogP contribution in [0.15, 0.2) is 41.3 Å². The average Bonchev–Trinajstić information content (AvgIpc) is 3.00. The van der Waals surface area contributed by atoms with E-state index >= 15 is 0 Å². The first-order valence-electron chi connectivity index (χ1n) is 9.38. The second-order valence-corrected chi connectivity index (χ2v) is 8.87. The van der Waals surface area contributed by atoms with Gasteiger partial charge in [-0.1, -0.05) is 18.1 Å². The molecule has 164 valence electrons. The molecule has 0 saturated carbocycles. The summed E-state index contributed by atoms with van der Waals surface area (Å²) in [6.45, 7) is 1.63. The number of methoxy groups -OCH3 is 1. The maximum absolute atomic E-state index is 12.8. The maximum atomic E-state index is 12.8. The van der Waals surface area contributed by atoms with Crippen LogP contribution >= 0.6 is 34.4 Å². The van der Waals surface area contributed by atoms with Crippen LogP contribution in [0.1, 0.15) is 11.1 Å². The molecule has 0 radical (unpaired) electrons. The molecule has 1 heterocycles. The number of thioether (sulfide) groups is 1. The topological polar surface area (TPSA) is 84.9 Å². The highest BCUT2D eigenvalue weighted by molar-refractivity contribution is 14.1. The van der Waals surface area contributed by atoms with Crippen molar-refractivity contribution in [3.8, 4) is 23.8 Å². The second kappa shape index (κ2) is 10.6. The molecule has 9 heteroatoms. The Morgan fingerprint density at radius 3 is 2.78 bits per heavy atom. The smallest absolute Gasteiger partial charge is 0.294 e. The van der Waals surface area contributed by atoms with Crippen LogP contribution in [-0.2, 0) is 9.59 Å². The van der Waals surface area contributed by atoms with Crippen molar-refractivity contribution in [2.45, 2.75) is 6.92 Å². The zero-order chi connectivity index (χ0) is 23.3. The molecule has 32 heavy (non-hydrogen) atoms. The van der Waals surface area contributed by atoms with E-state index in [0.717, 1.165) is 25.8 Å². The molecule has 1 saturated heterocycles. The molecule has 0 spiro atoms. The summed E-state index contributed by atoms with van der Waals surface area (Å²) in [6, 6.07) is 10.7. The summed E-state index contributed by atoms with van der Waals surface area (Å²) in [6.07, 6.45) is 6.83. The number of hydrogen-bond donors (Lipinski definition) is 1. The Morgan fingerprint density at radius 1 is 1.31 bits per heavy atom.